The summed E-state index contributed by atoms with van der Waals surface area (Å²) in [5.74, 6) is 1.10. The van der Waals surface area contributed by atoms with Gasteiger partial charge in [-0.05, 0) is 59.7 Å². The number of halogens is 1. The number of hydrogen-bond acceptors (Lipinski definition) is 4. The molecule has 1 N–H and O–H groups in total. The molecule has 0 unspecified atom stereocenters. The Morgan fingerprint density at radius 3 is 2.45 bits per heavy atom. The number of aromatic amines is 1. The lowest BCUT2D eigenvalue weighted by molar-refractivity contribution is 0.306. The molecule has 1 aromatic heterocycles. The number of nitrogens with zero attached hydrogens (tertiary/aromatic N) is 3. The zero-order chi connectivity index (χ0) is 20.1. The molecule has 144 valence electrons. The number of aromatic nitrogens is 3. The molecule has 0 radical (unpaired) electrons. The van der Waals surface area contributed by atoms with Gasteiger partial charge < -0.3 is 4.74 Å². The predicted octanol–water partition coefficient (Wildman–Crippen LogP) is 5.21. The SMILES string of the molecule is Fc1ccc(COc2ccc(/C=N\n3c(-c4ccccc4)n[nH]c3=S)cc2)cc1. The summed E-state index contributed by atoms with van der Waals surface area (Å²) in [6, 6.07) is 23.5. The van der Waals surface area contributed by atoms with Crippen molar-refractivity contribution in [2.24, 2.45) is 5.10 Å². The van der Waals surface area contributed by atoms with Gasteiger partial charge in [-0.15, -0.1) is 0 Å². The van der Waals surface area contributed by atoms with Crippen molar-refractivity contribution >= 4 is 18.4 Å². The van der Waals surface area contributed by atoms with E-state index in [1.807, 2.05) is 54.6 Å². The van der Waals surface area contributed by atoms with Gasteiger partial charge in [0.05, 0.1) is 6.21 Å². The molecule has 0 aliphatic rings. The van der Waals surface area contributed by atoms with Crippen LogP contribution >= 0.6 is 12.2 Å². The highest BCUT2D eigenvalue weighted by atomic mass is 32.1. The molecule has 0 saturated heterocycles. The molecule has 0 fully saturated rings. The van der Waals surface area contributed by atoms with Crippen LogP contribution in [0, 0.1) is 10.6 Å². The van der Waals surface area contributed by atoms with Gasteiger partial charge in [0.2, 0.25) is 4.77 Å². The van der Waals surface area contributed by atoms with Gasteiger partial charge >= 0.3 is 0 Å². The summed E-state index contributed by atoms with van der Waals surface area (Å²) in [5.41, 5.74) is 2.71. The van der Waals surface area contributed by atoms with E-state index >= 15 is 0 Å². The minimum atomic E-state index is -0.259. The van der Waals surface area contributed by atoms with Crippen LogP contribution < -0.4 is 4.74 Å². The third-order valence-corrected chi connectivity index (χ3v) is 4.47. The molecule has 0 aliphatic heterocycles. The molecule has 5 nitrogen and oxygen atoms in total. The molecule has 0 spiro atoms. The Balaban J connectivity index is 1.45. The van der Waals surface area contributed by atoms with Crippen LogP contribution in [0.1, 0.15) is 11.1 Å². The van der Waals surface area contributed by atoms with Crippen LogP contribution in [-0.4, -0.2) is 21.1 Å². The second-order valence-electron chi connectivity index (χ2n) is 6.26. The second kappa shape index (κ2) is 8.62. The van der Waals surface area contributed by atoms with Crippen LogP contribution in [0.3, 0.4) is 0 Å². The fourth-order valence-electron chi connectivity index (χ4n) is 2.69. The van der Waals surface area contributed by atoms with Gasteiger partial charge in [-0.1, -0.05) is 42.5 Å². The molecule has 7 heteroatoms. The number of rotatable bonds is 6. The summed E-state index contributed by atoms with van der Waals surface area (Å²) in [5, 5.41) is 11.5. The molecule has 0 bridgehead atoms. The number of H-pyrrole nitrogens is 1. The van der Waals surface area contributed by atoms with Crippen LogP contribution in [0.4, 0.5) is 4.39 Å². The summed E-state index contributed by atoms with van der Waals surface area (Å²) < 4.78 is 20.7. The van der Waals surface area contributed by atoms with Crippen molar-refractivity contribution < 1.29 is 9.13 Å². The first-order chi connectivity index (χ1) is 14.2. The van der Waals surface area contributed by atoms with E-state index in [1.54, 1.807) is 23.0 Å². The molecule has 4 rings (SSSR count). The van der Waals surface area contributed by atoms with Crippen molar-refractivity contribution in [3.8, 4) is 17.1 Å². The smallest absolute Gasteiger partial charge is 0.216 e. The van der Waals surface area contributed by atoms with Gasteiger partial charge in [-0.25, -0.2) is 9.49 Å². The minimum Gasteiger partial charge on any atom is -0.489 e. The normalized spacial score (nSPS) is 11.1. The van der Waals surface area contributed by atoms with Gasteiger partial charge in [0, 0.05) is 5.56 Å². The van der Waals surface area contributed by atoms with E-state index in [4.69, 9.17) is 17.0 Å². The number of hydrogen-bond donors (Lipinski definition) is 1. The molecule has 1 heterocycles. The van der Waals surface area contributed by atoms with E-state index in [0.29, 0.717) is 17.2 Å². The van der Waals surface area contributed by atoms with Gasteiger partial charge in [0.25, 0.3) is 0 Å². The summed E-state index contributed by atoms with van der Waals surface area (Å²) >= 11 is 5.29. The van der Waals surface area contributed by atoms with E-state index in [0.717, 1.165) is 22.4 Å². The third kappa shape index (κ3) is 4.64. The zero-order valence-corrected chi connectivity index (χ0v) is 16.1. The van der Waals surface area contributed by atoms with Crippen molar-refractivity contribution in [3.63, 3.8) is 0 Å². The Hall–Kier alpha value is -3.58. The summed E-state index contributed by atoms with van der Waals surface area (Å²) in [6.07, 6.45) is 1.71. The van der Waals surface area contributed by atoms with E-state index < -0.39 is 0 Å². The van der Waals surface area contributed by atoms with Gasteiger partial charge in [0.15, 0.2) is 5.82 Å². The van der Waals surface area contributed by atoms with Crippen LogP contribution in [-0.2, 0) is 6.61 Å². The van der Waals surface area contributed by atoms with Crippen molar-refractivity contribution in [2.45, 2.75) is 6.61 Å². The zero-order valence-electron chi connectivity index (χ0n) is 15.3. The summed E-state index contributed by atoms with van der Waals surface area (Å²) in [6.45, 7) is 0.373. The van der Waals surface area contributed by atoms with Gasteiger partial charge in [-0.3, -0.25) is 0 Å². The lowest BCUT2D eigenvalue weighted by Crippen LogP contribution is -1.96. The molecular formula is C22H17FN4OS. The average molecular weight is 404 g/mol. The number of benzene rings is 3. The Morgan fingerprint density at radius 1 is 1.00 bits per heavy atom. The highest BCUT2D eigenvalue weighted by Gasteiger charge is 2.07. The van der Waals surface area contributed by atoms with Crippen molar-refractivity contribution in [2.75, 3.05) is 0 Å². The lowest BCUT2D eigenvalue weighted by atomic mass is 10.2. The van der Waals surface area contributed by atoms with Crippen LogP contribution in [0.2, 0.25) is 0 Å². The first-order valence-corrected chi connectivity index (χ1v) is 9.34. The maximum Gasteiger partial charge on any atom is 0.216 e. The number of nitrogens with one attached hydrogen (secondary N) is 1. The molecule has 0 saturated carbocycles. The van der Waals surface area contributed by atoms with Gasteiger partial charge in [0.1, 0.15) is 18.2 Å². The first-order valence-electron chi connectivity index (χ1n) is 8.93. The second-order valence-corrected chi connectivity index (χ2v) is 6.65. The Bertz CT molecular complexity index is 1170. The standard InChI is InChI=1S/C22H17FN4OS/c23-19-10-6-17(7-11-19)15-28-20-12-8-16(9-13-20)14-24-27-21(25-26-22(27)29)18-4-2-1-3-5-18/h1-14H,15H2,(H,26,29)/b24-14-. The Kier molecular flexibility index (Phi) is 5.58. The fourth-order valence-corrected chi connectivity index (χ4v) is 2.87. The molecule has 0 atom stereocenters. The largest absolute Gasteiger partial charge is 0.489 e. The average Bonchev–Trinajstić information content (AvgIpc) is 3.13. The predicted molar refractivity (Wildman–Crippen MR) is 113 cm³/mol. The van der Waals surface area contributed by atoms with E-state index in [1.165, 1.54) is 12.1 Å². The topological polar surface area (TPSA) is 55.2 Å². The van der Waals surface area contributed by atoms with Crippen molar-refractivity contribution in [1.29, 1.82) is 0 Å². The quantitative estimate of drug-likeness (QED) is 0.355. The Morgan fingerprint density at radius 2 is 1.72 bits per heavy atom. The molecule has 0 amide bonds. The molecule has 29 heavy (non-hydrogen) atoms. The third-order valence-electron chi connectivity index (χ3n) is 4.20. The van der Waals surface area contributed by atoms with Crippen molar-refractivity contribution in [3.05, 3.63) is 101 Å². The van der Waals surface area contributed by atoms with Crippen molar-refractivity contribution in [1.82, 2.24) is 14.9 Å². The maximum absolute atomic E-state index is 12.9. The Labute approximate surface area is 172 Å². The first kappa shape index (κ1) is 18.8. The maximum atomic E-state index is 12.9. The molecule has 0 aliphatic carbocycles. The highest BCUT2D eigenvalue weighted by molar-refractivity contribution is 7.71. The van der Waals surface area contributed by atoms with E-state index in [2.05, 4.69) is 15.3 Å². The molecule has 4 aromatic rings. The van der Waals surface area contributed by atoms with E-state index in [-0.39, 0.29) is 5.82 Å². The molecular weight excluding hydrogens is 387 g/mol. The summed E-state index contributed by atoms with van der Waals surface area (Å²) in [4.78, 5) is 0. The van der Waals surface area contributed by atoms with E-state index in [9.17, 15) is 4.39 Å². The highest BCUT2D eigenvalue weighted by Crippen LogP contribution is 2.17. The fraction of sp³-hybridized carbons (Fsp3) is 0.0455. The molecule has 3 aromatic carbocycles. The minimum absolute atomic E-state index is 0.259. The summed E-state index contributed by atoms with van der Waals surface area (Å²) in [7, 11) is 0. The van der Waals surface area contributed by atoms with Gasteiger partial charge in [-0.2, -0.15) is 14.9 Å². The van der Waals surface area contributed by atoms with Crippen LogP contribution in [0.25, 0.3) is 11.4 Å². The van der Waals surface area contributed by atoms with Crippen LogP contribution in [0.5, 0.6) is 5.75 Å². The monoisotopic (exact) mass is 404 g/mol. The number of ether oxygens (including phenoxy) is 1. The van der Waals surface area contributed by atoms with Crippen LogP contribution in [0.15, 0.2) is 84.0 Å². The lowest BCUT2D eigenvalue weighted by Gasteiger charge is -2.06.